The molecule has 2 aromatic rings. The van der Waals surface area contributed by atoms with E-state index in [2.05, 4.69) is 26.1 Å². The third-order valence-electron chi connectivity index (χ3n) is 3.33. The van der Waals surface area contributed by atoms with Gasteiger partial charge in [-0.3, -0.25) is 15.6 Å². The van der Waals surface area contributed by atoms with E-state index in [9.17, 15) is 4.79 Å². The second-order valence-corrected chi connectivity index (χ2v) is 5.26. The van der Waals surface area contributed by atoms with Gasteiger partial charge in [-0.15, -0.1) is 0 Å². The lowest BCUT2D eigenvalue weighted by Crippen LogP contribution is -2.31. The summed E-state index contributed by atoms with van der Waals surface area (Å²) in [6, 6.07) is 6.89. The Morgan fingerprint density at radius 1 is 1.24 bits per heavy atom. The second-order valence-electron chi connectivity index (χ2n) is 5.26. The zero-order valence-electron chi connectivity index (χ0n) is 14.4. The van der Waals surface area contributed by atoms with Gasteiger partial charge in [0.1, 0.15) is 17.8 Å². The molecule has 2 rings (SSSR count). The largest absolute Gasteiger partial charge is 0.496 e. The molecule has 0 radical (unpaired) electrons. The molecule has 1 unspecified atom stereocenters. The van der Waals surface area contributed by atoms with Gasteiger partial charge in [-0.05, 0) is 19.1 Å². The van der Waals surface area contributed by atoms with Crippen LogP contribution in [-0.4, -0.2) is 42.7 Å². The first-order chi connectivity index (χ1) is 12.1. The predicted octanol–water partition coefficient (Wildman–Crippen LogP) is 1.27. The number of methoxy groups -OCH3 is 2. The molecule has 0 saturated carbocycles. The smallest absolute Gasteiger partial charge is 0.273 e. The van der Waals surface area contributed by atoms with E-state index in [0.29, 0.717) is 23.7 Å². The Labute approximate surface area is 145 Å². The molecule has 5 N–H and O–H groups in total. The van der Waals surface area contributed by atoms with Crippen LogP contribution in [0, 0.1) is 0 Å². The Morgan fingerprint density at radius 2 is 1.96 bits per heavy atom. The Morgan fingerprint density at radius 3 is 2.68 bits per heavy atom. The first-order valence-electron chi connectivity index (χ1n) is 7.62. The predicted molar refractivity (Wildman–Crippen MR) is 95.5 cm³/mol. The van der Waals surface area contributed by atoms with Gasteiger partial charge in [-0.2, -0.15) is 0 Å². The van der Waals surface area contributed by atoms with Crippen LogP contribution in [0.5, 0.6) is 5.75 Å². The van der Waals surface area contributed by atoms with E-state index in [1.165, 1.54) is 13.4 Å². The molecule has 1 aromatic heterocycles. The minimum atomic E-state index is -0.377. The zero-order chi connectivity index (χ0) is 18.2. The van der Waals surface area contributed by atoms with Crippen LogP contribution in [0.2, 0.25) is 0 Å². The minimum Gasteiger partial charge on any atom is -0.496 e. The first-order valence-corrected chi connectivity index (χ1v) is 7.62. The normalized spacial score (nSPS) is 11.5. The van der Waals surface area contributed by atoms with Crippen molar-refractivity contribution in [2.45, 2.75) is 13.0 Å². The highest BCUT2D eigenvalue weighted by Crippen LogP contribution is 2.23. The number of amides is 1. The third kappa shape index (κ3) is 4.70. The fraction of sp³-hybridized carbons (Fsp3) is 0.312. The number of carbonyl (C=O) groups is 1. The number of hydrogen-bond donors (Lipinski definition) is 4. The molecular formula is C16H22N6O3. The number of ether oxygens (including phenoxy) is 2. The fourth-order valence-corrected chi connectivity index (χ4v) is 2.15. The molecule has 1 heterocycles. The van der Waals surface area contributed by atoms with Crippen molar-refractivity contribution in [1.82, 2.24) is 15.4 Å². The minimum absolute atomic E-state index is 0.0122. The molecule has 0 aliphatic carbocycles. The molecular weight excluding hydrogens is 324 g/mol. The topological polar surface area (TPSA) is 123 Å². The van der Waals surface area contributed by atoms with Crippen molar-refractivity contribution in [2.75, 3.05) is 37.3 Å². The number of para-hydroxylation sites is 1. The highest BCUT2D eigenvalue weighted by Gasteiger charge is 2.14. The number of anilines is 3. The van der Waals surface area contributed by atoms with E-state index in [1.54, 1.807) is 31.4 Å². The summed E-state index contributed by atoms with van der Waals surface area (Å²) in [6.45, 7) is 2.43. The maximum atomic E-state index is 12.3. The molecule has 0 aliphatic rings. The highest BCUT2D eigenvalue weighted by molar-refractivity contribution is 5.97. The van der Waals surface area contributed by atoms with Gasteiger partial charge < -0.3 is 20.5 Å². The Balaban J connectivity index is 2.06. The Kier molecular flexibility index (Phi) is 6.35. The van der Waals surface area contributed by atoms with Gasteiger partial charge in [-0.25, -0.2) is 9.97 Å². The van der Waals surface area contributed by atoms with Crippen LogP contribution in [0.3, 0.4) is 0 Å². The molecule has 25 heavy (non-hydrogen) atoms. The lowest BCUT2D eigenvalue weighted by Gasteiger charge is -2.17. The summed E-state index contributed by atoms with van der Waals surface area (Å²) >= 11 is 0. The number of nitrogens with zero attached hydrogens (tertiary/aromatic N) is 2. The Bertz CT molecular complexity index is 725. The molecule has 1 aromatic carbocycles. The van der Waals surface area contributed by atoms with Crippen molar-refractivity contribution in [3.05, 3.63) is 36.2 Å². The van der Waals surface area contributed by atoms with Gasteiger partial charge in [0, 0.05) is 13.2 Å². The molecule has 134 valence electrons. The molecule has 1 atom stereocenters. The van der Waals surface area contributed by atoms with Gasteiger partial charge in [0.25, 0.3) is 5.91 Å². The molecule has 0 spiro atoms. The van der Waals surface area contributed by atoms with Crippen molar-refractivity contribution in [3.63, 3.8) is 0 Å². The standard InChI is InChI=1S/C16H22N6O3/c1-10(8-24-2)20-14-13(17)15(19-9-18-14)21-22-16(23)11-6-4-5-7-12(11)25-3/h4-7,9-10H,8,17H2,1-3H3,(H,22,23)(H2,18,19,20,21). The van der Waals surface area contributed by atoms with Crippen LogP contribution in [0.4, 0.5) is 17.3 Å². The summed E-state index contributed by atoms with van der Waals surface area (Å²) in [5.41, 5.74) is 12.0. The third-order valence-corrected chi connectivity index (χ3v) is 3.33. The van der Waals surface area contributed by atoms with Crippen molar-refractivity contribution < 1.29 is 14.3 Å². The maximum Gasteiger partial charge on any atom is 0.273 e. The number of nitrogens with one attached hydrogen (secondary N) is 3. The number of hydrogen-bond acceptors (Lipinski definition) is 8. The van der Waals surface area contributed by atoms with Crippen molar-refractivity contribution in [3.8, 4) is 5.75 Å². The van der Waals surface area contributed by atoms with Crippen LogP contribution < -0.4 is 26.6 Å². The first kappa shape index (κ1) is 18.3. The number of aromatic nitrogens is 2. The fourth-order valence-electron chi connectivity index (χ4n) is 2.15. The summed E-state index contributed by atoms with van der Waals surface area (Å²) in [5.74, 6) is 0.824. The van der Waals surface area contributed by atoms with Gasteiger partial charge in [0.2, 0.25) is 0 Å². The molecule has 1 amide bonds. The second kappa shape index (κ2) is 8.69. The zero-order valence-corrected chi connectivity index (χ0v) is 14.4. The van der Waals surface area contributed by atoms with E-state index < -0.39 is 0 Å². The number of benzene rings is 1. The van der Waals surface area contributed by atoms with Gasteiger partial charge >= 0.3 is 0 Å². The van der Waals surface area contributed by atoms with Crippen molar-refractivity contribution in [2.24, 2.45) is 0 Å². The van der Waals surface area contributed by atoms with Crippen LogP contribution in [0.1, 0.15) is 17.3 Å². The number of rotatable bonds is 8. The summed E-state index contributed by atoms with van der Waals surface area (Å²) in [6.07, 6.45) is 1.34. The summed E-state index contributed by atoms with van der Waals surface area (Å²) in [7, 11) is 3.11. The number of nitrogen functional groups attached to an aromatic ring is 1. The SMILES string of the molecule is COCC(C)Nc1ncnc(NNC(=O)c2ccccc2OC)c1N. The highest BCUT2D eigenvalue weighted by atomic mass is 16.5. The average molecular weight is 346 g/mol. The van der Waals surface area contributed by atoms with Crippen LogP contribution in [-0.2, 0) is 4.74 Å². The molecule has 9 nitrogen and oxygen atoms in total. The van der Waals surface area contributed by atoms with Crippen molar-refractivity contribution in [1.29, 1.82) is 0 Å². The number of nitrogens with two attached hydrogens (primary N) is 1. The van der Waals surface area contributed by atoms with E-state index in [0.717, 1.165) is 0 Å². The number of carbonyl (C=O) groups excluding carboxylic acids is 1. The van der Waals surface area contributed by atoms with Gasteiger partial charge in [0.15, 0.2) is 11.6 Å². The monoisotopic (exact) mass is 346 g/mol. The molecule has 0 fully saturated rings. The Hall–Kier alpha value is -3.07. The maximum absolute atomic E-state index is 12.3. The van der Waals surface area contributed by atoms with Crippen LogP contribution in [0.15, 0.2) is 30.6 Å². The van der Waals surface area contributed by atoms with Crippen molar-refractivity contribution >= 4 is 23.2 Å². The lowest BCUT2D eigenvalue weighted by molar-refractivity contribution is 0.0959. The summed E-state index contributed by atoms with van der Waals surface area (Å²) < 4.78 is 10.2. The quantitative estimate of drug-likeness (QED) is 0.527. The van der Waals surface area contributed by atoms with Gasteiger partial charge in [0.05, 0.1) is 19.3 Å². The van der Waals surface area contributed by atoms with E-state index in [-0.39, 0.29) is 23.5 Å². The molecule has 0 aliphatic heterocycles. The van der Waals surface area contributed by atoms with E-state index in [4.69, 9.17) is 15.2 Å². The summed E-state index contributed by atoms with van der Waals surface area (Å²) in [5, 5.41) is 3.12. The van der Waals surface area contributed by atoms with Crippen LogP contribution in [0.25, 0.3) is 0 Å². The lowest BCUT2D eigenvalue weighted by atomic mass is 10.2. The van der Waals surface area contributed by atoms with E-state index >= 15 is 0 Å². The summed E-state index contributed by atoms with van der Waals surface area (Å²) in [4.78, 5) is 20.4. The molecule has 9 heteroatoms. The number of hydrazine groups is 1. The molecule has 0 saturated heterocycles. The van der Waals surface area contributed by atoms with E-state index in [1.807, 2.05) is 6.92 Å². The van der Waals surface area contributed by atoms with Crippen LogP contribution >= 0.6 is 0 Å². The molecule has 0 bridgehead atoms. The average Bonchev–Trinajstić information content (AvgIpc) is 2.62. The van der Waals surface area contributed by atoms with Gasteiger partial charge in [-0.1, -0.05) is 12.1 Å².